The summed E-state index contributed by atoms with van der Waals surface area (Å²) in [6.45, 7) is 3.01. The van der Waals surface area contributed by atoms with Crippen LogP contribution in [0.3, 0.4) is 0 Å². The fourth-order valence-electron chi connectivity index (χ4n) is 3.28. The monoisotopic (exact) mass is 310 g/mol. The van der Waals surface area contributed by atoms with Crippen LogP contribution in [0.1, 0.15) is 5.56 Å². The lowest BCUT2D eigenvalue weighted by molar-refractivity contribution is -0.148. The molecule has 0 unspecified atom stereocenters. The largest absolute Gasteiger partial charge is 0.481 e. The molecule has 0 aromatic heterocycles. The topological polar surface area (TPSA) is 86.7 Å². The third-order valence-corrected chi connectivity index (χ3v) is 6.36. The molecule has 0 aliphatic carbocycles. The Morgan fingerprint density at radius 2 is 2.24 bits per heavy atom. The molecule has 1 aromatic carbocycles. The zero-order valence-electron chi connectivity index (χ0n) is 11.7. The van der Waals surface area contributed by atoms with Crippen molar-refractivity contribution in [1.82, 2.24) is 9.62 Å². The minimum atomic E-state index is -3.63. The van der Waals surface area contributed by atoms with Crippen LogP contribution in [0.4, 0.5) is 0 Å². The van der Waals surface area contributed by atoms with Gasteiger partial charge in [-0.1, -0.05) is 12.1 Å². The molecule has 2 fully saturated rings. The van der Waals surface area contributed by atoms with Gasteiger partial charge in [0, 0.05) is 32.1 Å². The van der Waals surface area contributed by atoms with E-state index in [9.17, 15) is 18.3 Å². The van der Waals surface area contributed by atoms with Gasteiger partial charge in [0.05, 0.1) is 10.3 Å². The van der Waals surface area contributed by atoms with E-state index in [1.807, 2.05) is 13.0 Å². The van der Waals surface area contributed by atoms with E-state index in [4.69, 9.17) is 0 Å². The Morgan fingerprint density at radius 1 is 1.48 bits per heavy atom. The molecule has 2 N–H and O–H groups in total. The maximum atomic E-state index is 12.7. The summed E-state index contributed by atoms with van der Waals surface area (Å²) in [5, 5.41) is 12.6. The molecule has 2 heterocycles. The van der Waals surface area contributed by atoms with E-state index in [0.29, 0.717) is 13.1 Å². The predicted octanol–water partition coefficient (Wildman–Crippen LogP) is 0.290. The molecule has 6 nitrogen and oxygen atoms in total. The van der Waals surface area contributed by atoms with Crippen molar-refractivity contribution in [2.75, 3.05) is 26.2 Å². The van der Waals surface area contributed by atoms with E-state index in [1.54, 1.807) is 18.2 Å². The fourth-order valence-corrected chi connectivity index (χ4v) is 4.94. The Hall–Kier alpha value is -1.44. The van der Waals surface area contributed by atoms with Crippen molar-refractivity contribution < 1.29 is 18.3 Å². The van der Waals surface area contributed by atoms with Crippen molar-refractivity contribution in [1.29, 1.82) is 0 Å². The van der Waals surface area contributed by atoms with Crippen molar-refractivity contribution in [3.8, 4) is 0 Å². The molecule has 0 radical (unpaired) electrons. The molecule has 3 rings (SSSR count). The quantitative estimate of drug-likeness (QED) is 0.838. The third-order valence-electron chi connectivity index (χ3n) is 4.55. The number of aliphatic carboxylic acids is 1. The molecule has 2 atom stereocenters. The van der Waals surface area contributed by atoms with E-state index in [1.165, 1.54) is 4.31 Å². The Balaban J connectivity index is 1.94. The predicted molar refractivity (Wildman–Crippen MR) is 76.4 cm³/mol. The van der Waals surface area contributed by atoms with E-state index in [-0.39, 0.29) is 23.9 Å². The molecule has 2 saturated heterocycles. The molecule has 7 heteroatoms. The average Bonchev–Trinajstić information content (AvgIpc) is 2.96. The number of nitrogens with zero attached hydrogens (tertiary/aromatic N) is 1. The molecular formula is C14H18N2O4S. The summed E-state index contributed by atoms with van der Waals surface area (Å²) in [6, 6.07) is 6.71. The number of hydrogen-bond acceptors (Lipinski definition) is 4. The second-order valence-electron chi connectivity index (χ2n) is 5.90. The third kappa shape index (κ3) is 2.16. The van der Waals surface area contributed by atoms with Gasteiger partial charge in [0.15, 0.2) is 0 Å². The van der Waals surface area contributed by atoms with Crippen molar-refractivity contribution in [2.24, 2.45) is 11.3 Å². The minimum absolute atomic E-state index is 0.0380. The first-order valence-electron chi connectivity index (χ1n) is 6.87. The first-order chi connectivity index (χ1) is 9.86. The lowest BCUT2D eigenvalue weighted by atomic mass is 9.81. The van der Waals surface area contributed by atoms with Gasteiger partial charge >= 0.3 is 5.97 Å². The first-order valence-corrected chi connectivity index (χ1v) is 8.31. The normalized spacial score (nSPS) is 29.5. The molecule has 21 heavy (non-hydrogen) atoms. The van der Waals surface area contributed by atoms with Gasteiger partial charge in [0.1, 0.15) is 0 Å². The van der Waals surface area contributed by atoms with Crippen molar-refractivity contribution >= 4 is 16.0 Å². The molecule has 2 aliphatic rings. The van der Waals surface area contributed by atoms with Crippen LogP contribution in [0.25, 0.3) is 0 Å². The summed E-state index contributed by atoms with van der Waals surface area (Å²) in [5.41, 5.74) is -0.123. The van der Waals surface area contributed by atoms with Crippen molar-refractivity contribution in [2.45, 2.75) is 11.8 Å². The summed E-state index contributed by atoms with van der Waals surface area (Å²) in [4.78, 5) is 11.8. The molecule has 0 spiro atoms. The number of aryl methyl sites for hydroxylation is 1. The SMILES string of the molecule is Cc1cccc(S(=O)(=O)N2C[C@H]3CNC[C@@]3(C(=O)O)C2)c1. The number of sulfonamides is 1. The van der Waals surface area contributed by atoms with Crippen LogP contribution in [0, 0.1) is 18.3 Å². The second kappa shape index (κ2) is 4.79. The van der Waals surface area contributed by atoms with E-state index >= 15 is 0 Å². The standard InChI is InChI=1S/C14H18N2O4S/c1-10-3-2-4-12(5-10)21(19,20)16-7-11-6-15-8-14(11,9-16)13(17)18/h2-5,11,15H,6-9H2,1H3,(H,17,18)/t11-,14-/m1/s1. The Labute approximate surface area is 123 Å². The summed E-state index contributed by atoms with van der Waals surface area (Å²) in [5.74, 6) is -1.09. The zero-order chi connectivity index (χ0) is 15.3. The van der Waals surface area contributed by atoms with Gasteiger partial charge in [-0.25, -0.2) is 8.42 Å². The minimum Gasteiger partial charge on any atom is -0.481 e. The van der Waals surface area contributed by atoms with E-state index in [0.717, 1.165) is 5.56 Å². The van der Waals surface area contributed by atoms with Gasteiger partial charge in [-0.2, -0.15) is 4.31 Å². The molecule has 0 bridgehead atoms. The molecule has 2 aliphatic heterocycles. The van der Waals surface area contributed by atoms with Gasteiger partial charge in [-0.3, -0.25) is 4.79 Å². The fraction of sp³-hybridized carbons (Fsp3) is 0.500. The second-order valence-corrected chi connectivity index (χ2v) is 7.84. The van der Waals surface area contributed by atoms with Crippen molar-refractivity contribution in [3.05, 3.63) is 29.8 Å². The Bertz CT molecular complexity index is 688. The average molecular weight is 310 g/mol. The van der Waals surface area contributed by atoms with Gasteiger partial charge in [-0.15, -0.1) is 0 Å². The number of nitrogens with one attached hydrogen (secondary N) is 1. The number of benzene rings is 1. The number of carboxylic acids is 1. The number of carboxylic acid groups (broad SMARTS) is 1. The van der Waals surface area contributed by atoms with Gasteiger partial charge in [-0.05, 0) is 24.6 Å². The van der Waals surface area contributed by atoms with Crippen LogP contribution < -0.4 is 5.32 Å². The number of carbonyl (C=O) groups is 1. The van der Waals surface area contributed by atoms with Crippen LogP contribution in [-0.2, 0) is 14.8 Å². The summed E-state index contributed by atoms with van der Waals surface area (Å²) in [6.07, 6.45) is 0. The van der Waals surface area contributed by atoms with Crippen LogP contribution >= 0.6 is 0 Å². The molecular weight excluding hydrogens is 292 g/mol. The number of hydrogen-bond donors (Lipinski definition) is 2. The maximum Gasteiger partial charge on any atom is 0.312 e. The van der Waals surface area contributed by atoms with Gasteiger partial charge in [0.2, 0.25) is 10.0 Å². The number of rotatable bonds is 3. The Morgan fingerprint density at radius 3 is 2.86 bits per heavy atom. The van der Waals surface area contributed by atoms with Gasteiger partial charge in [0.25, 0.3) is 0 Å². The van der Waals surface area contributed by atoms with Crippen LogP contribution in [0.15, 0.2) is 29.2 Å². The molecule has 114 valence electrons. The summed E-state index contributed by atoms with van der Waals surface area (Å²) < 4.78 is 26.7. The van der Waals surface area contributed by atoms with E-state index in [2.05, 4.69) is 5.32 Å². The number of fused-ring (bicyclic) bond motifs is 1. The van der Waals surface area contributed by atoms with E-state index < -0.39 is 21.4 Å². The zero-order valence-corrected chi connectivity index (χ0v) is 12.6. The lowest BCUT2D eigenvalue weighted by Crippen LogP contribution is -2.41. The smallest absolute Gasteiger partial charge is 0.312 e. The lowest BCUT2D eigenvalue weighted by Gasteiger charge is -2.22. The summed E-state index contributed by atoms with van der Waals surface area (Å²) in [7, 11) is -3.63. The van der Waals surface area contributed by atoms with Gasteiger partial charge < -0.3 is 10.4 Å². The van der Waals surface area contributed by atoms with Crippen LogP contribution in [0.2, 0.25) is 0 Å². The highest BCUT2D eigenvalue weighted by Gasteiger charge is 2.57. The first kappa shape index (κ1) is 14.5. The maximum absolute atomic E-state index is 12.7. The van der Waals surface area contributed by atoms with Crippen LogP contribution in [-0.4, -0.2) is 50.0 Å². The Kier molecular flexibility index (Phi) is 3.31. The molecule has 0 amide bonds. The van der Waals surface area contributed by atoms with Crippen molar-refractivity contribution in [3.63, 3.8) is 0 Å². The summed E-state index contributed by atoms with van der Waals surface area (Å²) >= 11 is 0. The van der Waals surface area contributed by atoms with Crippen LogP contribution in [0.5, 0.6) is 0 Å². The highest BCUT2D eigenvalue weighted by Crippen LogP contribution is 2.41. The highest BCUT2D eigenvalue weighted by molar-refractivity contribution is 7.89. The highest BCUT2D eigenvalue weighted by atomic mass is 32.2. The molecule has 0 saturated carbocycles. The molecule has 1 aromatic rings.